The third-order valence-electron chi connectivity index (χ3n) is 1.77. The van der Waals surface area contributed by atoms with Crippen LogP contribution in [-0.2, 0) is 4.79 Å². The second kappa shape index (κ2) is 2.48. The van der Waals surface area contributed by atoms with Gasteiger partial charge in [-0.3, -0.25) is 9.69 Å². The monoisotopic (exact) mass is 167 g/mol. The zero-order valence-electron chi connectivity index (χ0n) is 5.98. The van der Waals surface area contributed by atoms with Crippen LogP contribution in [-0.4, -0.2) is 36.5 Å². The number of carbonyl (C=O) groups is 1. The standard InChI is InChI=1S/C6H8F3NO/c1-10-3-2-4(11)5(10)6(7,8)9/h5H,2-3H2,1H3. The molecule has 0 amide bonds. The summed E-state index contributed by atoms with van der Waals surface area (Å²) in [5.74, 6) is -0.722. The molecule has 0 spiro atoms. The van der Waals surface area contributed by atoms with E-state index in [2.05, 4.69) is 0 Å². The molecule has 11 heavy (non-hydrogen) atoms. The van der Waals surface area contributed by atoms with E-state index in [1.54, 1.807) is 0 Å². The van der Waals surface area contributed by atoms with Crippen LogP contribution in [0.1, 0.15) is 6.42 Å². The van der Waals surface area contributed by atoms with Crippen molar-refractivity contribution < 1.29 is 18.0 Å². The molecule has 1 fully saturated rings. The van der Waals surface area contributed by atoms with Crippen molar-refractivity contribution in [2.75, 3.05) is 13.6 Å². The second-order valence-corrected chi connectivity index (χ2v) is 2.64. The Morgan fingerprint density at radius 3 is 2.27 bits per heavy atom. The lowest BCUT2D eigenvalue weighted by Crippen LogP contribution is -2.42. The van der Waals surface area contributed by atoms with Gasteiger partial charge in [0, 0.05) is 13.0 Å². The molecule has 0 bridgehead atoms. The summed E-state index contributed by atoms with van der Waals surface area (Å²) < 4.78 is 36.0. The minimum absolute atomic E-state index is 0.0146. The normalized spacial score (nSPS) is 28.0. The number of likely N-dealkylation sites (N-methyl/N-ethyl adjacent to an activating group) is 1. The van der Waals surface area contributed by atoms with E-state index in [4.69, 9.17) is 0 Å². The summed E-state index contributed by atoms with van der Waals surface area (Å²) in [6.45, 7) is 0.211. The molecule has 5 heteroatoms. The Morgan fingerprint density at radius 2 is 2.09 bits per heavy atom. The highest BCUT2D eigenvalue weighted by Gasteiger charge is 2.49. The van der Waals surface area contributed by atoms with Gasteiger partial charge in [0.15, 0.2) is 11.8 Å². The minimum atomic E-state index is -4.40. The fraction of sp³-hybridized carbons (Fsp3) is 0.833. The number of carbonyl (C=O) groups excluding carboxylic acids is 1. The molecule has 1 heterocycles. The van der Waals surface area contributed by atoms with Crippen molar-refractivity contribution in [3.8, 4) is 0 Å². The molecule has 0 aromatic carbocycles. The van der Waals surface area contributed by atoms with Gasteiger partial charge < -0.3 is 0 Å². The zero-order chi connectivity index (χ0) is 8.65. The molecule has 2 nitrogen and oxygen atoms in total. The van der Waals surface area contributed by atoms with E-state index in [0.717, 1.165) is 4.90 Å². The lowest BCUT2D eigenvalue weighted by molar-refractivity contribution is -0.177. The number of likely N-dealkylation sites (tertiary alicyclic amines) is 1. The number of hydrogen-bond donors (Lipinski definition) is 0. The number of rotatable bonds is 0. The molecule has 1 atom stereocenters. The summed E-state index contributed by atoms with van der Waals surface area (Å²) >= 11 is 0. The van der Waals surface area contributed by atoms with Crippen molar-refractivity contribution in [1.29, 1.82) is 0 Å². The average Bonchev–Trinajstić information content (AvgIpc) is 2.08. The Morgan fingerprint density at radius 1 is 1.55 bits per heavy atom. The van der Waals surface area contributed by atoms with Crippen molar-refractivity contribution in [3.63, 3.8) is 0 Å². The van der Waals surface area contributed by atoms with Gasteiger partial charge in [0.1, 0.15) is 0 Å². The fourth-order valence-corrected chi connectivity index (χ4v) is 1.23. The van der Waals surface area contributed by atoms with E-state index in [9.17, 15) is 18.0 Å². The number of ketones is 1. The van der Waals surface area contributed by atoms with Gasteiger partial charge in [-0.2, -0.15) is 13.2 Å². The predicted octanol–water partition coefficient (Wildman–Crippen LogP) is 0.822. The number of alkyl halides is 3. The summed E-state index contributed by atoms with van der Waals surface area (Å²) in [7, 11) is 1.31. The smallest absolute Gasteiger partial charge is 0.298 e. The molecule has 0 N–H and O–H groups in total. The van der Waals surface area contributed by atoms with Crippen LogP contribution in [0.25, 0.3) is 0 Å². The highest BCUT2D eigenvalue weighted by atomic mass is 19.4. The van der Waals surface area contributed by atoms with Crippen LogP contribution in [0.15, 0.2) is 0 Å². The third kappa shape index (κ3) is 1.53. The number of nitrogens with zero attached hydrogens (tertiary/aromatic N) is 1. The highest BCUT2D eigenvalue weighted by Crippen LogP contribution is 2.28. The van der Waals surface area contributed by atoms with E-state index >= 15 is 0 Å². The summed E-state index contributed by atoms with van der Waals surface area (Å²) in [6.07, 6.45) is -4.39. The van der Waals surface area contributed by atoms with E-state index in [1.165, 1.54) is 7.05 Å². The van der Waals surface area contributed by atoms with Gasteiger partial charge in [0.25, 0.3) is 0 Å². The summed E-state index contributed by atoms with van der Waals surface area (Å²) in [5.41, 5.74) is 0. The first kappa shape index (κ1) is 8.52. The Balaban J connectivity index is 2.77. The van der Waals surface area contributed by atoms with Crippen molar-refractivity contribution >= 4 is 5.78 Å². The number of halogens is 3. The van der Waals surface area contributed by atoms with Crippen LogP contribution in [0.4, 0.5) is 13.2 Å². The molecule has 1 rings (SSSR count). The maximum Gasteiger partial charge on any atom is 0.411 e. The largest absolute Gasteiger partial charge is 0.411 e. The van der Waals surface area contributed by atoms with E-state index in [-0.39, 0.29) is 13.0 Å². The van der Waals surface area contributed by atoms with Crippen LogP contribution in [0.3, 0.4) is 0 Å². The van der Waals surface area contributed by atoms with Gasteiger partial charge in [-0.15, -0.1) is 0 Å². The molecule has 0 aliphatic carbocycles. The van der Waals surface area contributed by atoms with Gasteiger partial charge >= 0.3 is 6.18 Å². The summed E-state index contributed by atoms with van der Waals surface area (Å²) in [5, 5.41) is 0. The zero-order valence-corrected chi connectivity index (χ0v) is 5.98. The Labute approximate surface area is 62.0 Å². The molecule has 0 radical (unpaired) electrons. The topological polar surface area (TPSA) is 20.3 Å². The minimum Gasteiger partial charge on any atom is -0.298 e. The fourth-order valence-electron chi connectivity index (χ4n) is 1.23. The first-order chi connectivity index (χ1) is 4.93. The van der Waals surface area contributed by atoms with Crippen LogP contribution >= 0.6 is 0 Å². The van der Waals surface area contributed by atoms with Crippen LogP contribution in [0, 0.1) is 0 Å². The lowest BCUT2D eigenvalue weighted by atomic mass is 10.2. The predicted molar refractivity (Wildman–Crippen MR) is 32.1 cm³/mol. The lowest BCUT2D eigenvalue weighted by Gasteiger charge is -2.20. The van der Waals surface area contributed by atoms with Crippen LogP contribution in [0.5, 0.6) is 0 Å². The van der Waals surface area contributed by atoms with Gasteiger partial charge in [-0.25, -0.2) is 0 Å². The molecule has 1 aliphatic heterocycles. The molecule has 64 valence electrons. The molecule has 0 aromatic rings. The number of Topliss-reactive ketones (excluding diaryl/α,β-unsaturated/α-hetero) is 1. The molecule has 1 unspecified atom stereocenters. The average molecular weight is 167 g/mol. The molecular weight excluding hydrogens is 159 g/mol. The van der Waals surface area contributed by atoms with Gasteiger partial charge in [-0.1, -0.05) is 0 Å². The Hall–Kier alpha value is -0.580. The Bertz CT molecular complexity index is 177. The maximum atomic E-state index is 12.0. The van der Waals surface area contributed by atoms with Gasteiger partial charge in [0.05, 0.1) is 0 Å². The van der Waals surface area contributed by atoms with Crippen molar-refractivity contribution in [2.24, 2.45) is 0 Å². The van der Waals surface area contributed by atoms with Crippen LogP contribution in [0.2, 0.25) is 0 Å². The van der Waals surface area contributed by atoms with Gasteiger partial charge in [0.2, 0.25) is 0 Å². The molecular formula is C6H8F3NO. The molecule has 0 saturated carbocycles. The Kier molecular flexibility index (Phi) is 1.92. The third-order valence-corrected chi connectivity index (χ3v) is 1.77. The SMILES string of the molecule is CN1CCC(=O)C1C(F)(F)F. The second-order valence-electron chi connectivity index (χ2n) is 2.64. The quantitative estimate of drug-likeness (QED) is 0.532. The first-order valence-electron chi connectivity index (χ1n) is 3.22. The first-order valence-corrected chi connectivity index (χ1v) is 3.22. The number of hydrogen-bond acceptors (Lipinski definition) is 2. The molecule has 1 aliphatic rings. The van der Waals surface area contributed by atoms with Crippen molar-refractivity contribution in [1.82, 2.24) is 4.90 Å². The van der Waals surface area contributed by atoms with Gasteiger partial charge in [-0.05, 0) is 7.05 Å². The van der Waals surface area contributed by atoms with Crippen molar-refractivity contribution in [3.05, 3.63) is 0 Å². The summed E-state index contributed by atoms with van der Waals surface area (Å²) in [4.78, 5) is 11.7. The summed E-state index contributed by atoms with van der Waals surface area (Å²) in [6, 6.07) is -1.86. The van der Waals surface area contributed by atoms with E-state index in [0.29, 0.717) is 0 Å². The van der Waals surface area contributed by atoms with E-state index < -0.39 is 18.0 Å². The van der Waals surface area contributed by atoms with E-state index in [1.807, 2.05) is 0 Å². The highest BCUT2D eigenvalue weighted by molar-refractivity contribution is 5.86. The maximum absolute atomic E-state index is 12.0. The molecule has 1 saturated heterocycles. The van der Waals surface area contributed by atoms with Crippen LogP contribution < -0.4 is 0 Å². The van der Waals surface area contributed by atoms with Crippen molar-refractivity contribution in [2.45, 2.75) is 18.6 Å². The molecule has 0 aromatic heterocycles.